The van der Waals surface area contributed by atoms with Gasteiger partial charge in [-0.15, -0.1) is 0 Å². The van der Waals surface area contributed by atoms with E-state index in [9.17, 15) is 12.8 Å². The number of piperazine rings is 1. The van der Waals surface area contributed by atoms with E-state index in [4.69, 9.17) is 0 Å². The molecule has 0 spiro atoms. The third-order valence-electron chi connectivity index (χ3n) is 5.00. The molecule has 1 fully saturated rings. The summed E-state index contributed by atoms with van der Waals surface area (Å²) in [6, 6.07) is 12.9. The summed E-state index contributed by atoms with van der Waals surface area (Å²) in [6.07, 6.45) is 1.58. The summed E-state index contributed by atoms with van der Waals surface area (Å²) < 4.78 is 40.4. The Bertz CT molecular complexity index is 1060. The summed E-state index contributed by atoms with van der Waals surface area (Å²) in [5.41, 5.74) is 1.75. The van der Waals surface area contributed by atoms with Gasteiger partial charge in [-0.25, -0.2) is 16.8 Å². The van der Waals surface area contributed by atoms with Crippen molar-refractivity contribution in [1.29, 1.82) is 0 Å². The van der Waals surface area contributed by atoms with Crippen molar-refractivity contribution in [3.05, 3.63) is 66.1 Å². The van der Waals surface area contributed by atoms with Gasteiger partial charge in [-0.05, 0) is 48.9 Å². The number of benzene rings is 2. The lowest BCUT2D eigenvalue weighted by Crippen LogP contribution is -2.48. The zero-order valence-electron chi connectivity index (χ0n) is 15.1. The van der Waals surface area contributed by atoms with E-state index in [0.717, 1.165) is 49.3 Å². The average molecular weight is 387 g/mol. The molecule has 1 saturated heterocycles. The maximum Gasteiger partial charge on any atom is 0.268 e. The van der Waals surface area contributed by atoms with Crippen molar-refractivity contribution >= 4 is 20.9 Å². The lowest BCUT2D eigenvalue weighted by molar-refractivity contribution is 0.200. The Morgan fingerprint density at radius 3 is 2.67 bits per heavy atom. The summed E-state index contributed by atoms with van der Waals surface area (Å²) in [5.74, 6) is -0.459. The average Bonchev–Trinajstić information content (AvgIpc) is 3.08. The topological polar surface area (TPSA) is 54.3 Å². The second kappa shape index (κ2) is 7.07. The Hall–Kier alpha value is -2.22. The van der Waals surface area contributed by atoms with Gasteiger partial charge in [0.1, 0.15) is 5.82 Å². The normalized spacial score (nSPS) is 18.8. The monoisotopic (exact) mass is 387 g/mol. The van der Waals surface area contributed by atoms with Gasteiger partial charge in [-0.3, -0.25) is 4.90 Å². The number of nitrogens with one attached hydrogen (secondary N) is 1. The zero-order valence-corrected chi connectivity index (χ0v) is 15.9. The van der Waals surface area contributed by atoms with Crippen LogP contribution in [0.3, 0.4) is 0 Å². The van der Waals surface area contributed by atoms with E-state index in [1.807, 2.05) is 18.2 Å². The Morgan fingerprint density at radius 2 is 1.93 bits per heavy atom. The molecule has 1 N–H and O–H groups in total. The van der Waals surface area contributed by atoms with Gasteiger partial charge < -0.3 is 5.32 Å². The minimum atomic E-state index is -3.77. The highest BCUT2D eigenvalue weighted by molar-refractivity contribution is 7.90. The molecule has 0 aliphatic carbocycles. The van der Waals surface area contributed by atoms with Crippen LogP contribution in [0.5, 0.6) is 0 Å². The van der Waals surface area contributed by atoms with Gasteiger partial charge in [-0.2, -0.15) is 0 Å². The number of halogens is 1. The molecule has 1 aromatic heterocycles. The molecule has 4 rings (SSSR count). The van der Waals surface area contributed by atoms with Gasteiger partial charge in [0.2, 0.25) is 0 Å². The van der Waals surface area contributed by atoms with Gasteiger partial charge in [0.25, 0.3) is 10.0 Å². The van der Waals surface area contributed by atoms with Gasteiger partial charge in [0.15, 0.2) is 0 Å². The van der Waals surface area contributed by atoms with Gasteiger partial charge in [0.05, 0.1) is 10.4 Å². The van der Waals surface area contributed by atoms with E-state index in [2.05, 4.69) is 17.1 Å². The third kappa shape index (κ3) is 3.50. The van der Waals surface area contributed by atoms with Crippen molar-refractivity contribution in [2.45, 2.75) is 24.4 Å². The molecule has 3 aromatic rings. The molecule has 0 radical (unpaired) electrons. The first-order chi connectivity index (χ1) is 12.9. The smallest absolute Gasteiger partial charge is 0.268 e. The Morgan fingerprint density at radius 1 is 1.15 bits per heavy atom. The first-order valence-electron chi connectivity index (χ1n) is 9.01. The van der Waals surface area contributed by atoms with Crippen molar-refractivity contribution in [2.24, 2.45) is 0 Å². The van der Waals surface area contributed by atoms with E-state index in [1.165, 1.54) is 16.1 Å². The van der Waals surface area contributed by atoms with E-state index < -0.39 is 15.8 Å². The highest BCUT2D eigenvalue weighted by Crippen LogP contribution is 2.26. The summed E-state index contributed by atoms with van der Waals surface area (Å²) in [6.45, 7) is 5.83. The first-order valence-corrected chi connectivity index (χ1v) is 10.4. The Labute approximate surface area is 158 Å². The number of hydrogen-bond donors (Lipinski definition) is 1. The molecule has 7 heteroatoms. The van der Waals surface area contributed by atoms with Crippen LogP contribution >= 0.6 is 0 Å². The molecule has 0 bridgehead atoms. The molecule has 2 heterocycles. The summed E-state index contributed by atoms with van der Waals surface area (Å²) in [4.78, 5) is 2.45. The molecule has 142 valence electrons. The highest BCUT2D eigenvalue weighted by Gasteiger charge is 2.21. The van der Waals surface area contributed by atoms with Crippen molar-refractivity contribution in [3.63, 3.8) is 0 Å². The second-order valence-corrected chi connectivity index (χ2v) is 8.83. The molecule has 1 atom stereocenters. The predicted octanol–water partition coefficient (Wildman–Crippen LogP) is 2.81. The molecular weight excluding hydrogens is 365 g/mol. The van der Waals surface area contributed by atoms with Crippen LogP contribution < -0.4 is 5.32 Å². The minimum Gasteiger partial charge on any atom is -0.312 e. The van der Waals surface area contributed by atoms with Gasteiger partial charge in [-0.1, -0.05) is 12.1 Å². The standard InChI is InChI=1S/C20H22FN3O2S/c1-15-13-23(12-10-22-15)14-16-3-2-4-20-19(16)9-11-24(20)27(25,26)18-7-5-17(21)6-8-18/h2-9,11,15,22H,10,12-14H2,1H3. The summed E-state index contributed by atoms with van der Waals surface area (Å²) >= 11 is 0. The van der Waals surface area contributed by atoms with Crippen molar-refractivity contribution in [1.82, 2.24) is 14.2 Å². The number of rotatable bonds is 4. The Kier molecular flexibility index (Phi) is 4.75. The molecule has 2 aromatic carbocycles. The molecule has 1 aliphatic rings. The van der Waals surface area contributed by atoms with Gasteiger partial charge in [0, 0.05) is 43.8 Å². The van der Waals surface area contributed by atoms with Crippen LogP contribution in [0.2, 0.25) is 0 Å². The second-order valence-electron chi connectivity index (χ2n) is 7.01. The highest BCUT2D eigenvalue weighted by atomic mass is 32.2. The fourth-order valence-corrected chi connectivity index (χ4v) is 5.02. The number of nitrogens with zero attached hydrogens (tertiary/aromatic N) is 2. The summed E-state index contributed by atoms with van der Waals surface area (Å²) in [7, 11) is -3.77. The molecule has 0 saturated carbocycles. The SMILES string of the molecule is CC1CN(Cc2cccc3c2ccn3S(=O)(=O)c2ccc(F)cc2)CCN1. The first kappa shape index (κ1) is 18.2. The van der Waals surface area contributed by atoms with Crippen LogP contribution in [0, 0.1) is 5.82 Å². The Balaban J connectivity index is 1.71. The molecule has 5 nitrogen and oxygen atoms in total. The van der Waals surface area contributed by atoms with Crippen molar-refractivity contribution in [3.8, 4) is 0 Å². The van der Waals surface area contributed by atoms with Crippen molar-refractivity contribution in [2.75, 3.05) is 19.6 Å². The van der Waals surface area contributed by atoms with Crippen LogP contribution in [0.15, 0.2) is 59.6 Å². The van der Waals surface area contributed by atoms with E-state index in [1.54, 1.807) is 12.3 Å². The third-order valence-corrected chi connectivity index (χ3v) is 6.71. The van der Waals surface area contributed by atoms with Crippen LogP contribution in [0.25, 0.3) is 10.9 Å². The maximum atomic E-state index is 13.2. The zero-order chi connectivity index (χ0) is 19.0. The maximum absolute atomic E-state index is 13.2. The largest absolute Gasteiger partial charge is 0.312 e. The quantitative estimate of drug-likeness (QED) is 0.748. The predicted molar refractivity (Wildman–Crippen MR) is 104 cm³/mol. The summed E-state index contributed by atoms with van der Waals surface area (Å²) in [5, 5.41) is 4.35. The number of fused-ring (bicyclic) bond motifs is 1. The lowest BCUT2D eigenvalue weighted by atomic mass is 10.1. The number of aromatic nitrogens is 1. The molecule has 0 amide bonds. The van der Waals surface area contributed by atoms with Crippen LogP contribution in [0.1, 0.15) is 12.5 Å². The molecule has 1 unspecified atom stereocenters. The van der Waals surface area contributed by atoms with Crippen LogP contribution in [-0.2, 0) is 16.6 Å². The fourth-order valence-electron chi connectivity index (χ4n) is 3.67. The van der Waals surface area contributed by atoms with E-state index >= 15 is 0 Å². The van der Waals surface area contributed by atoms with Crippen LogP contribution in [-0.4, -0.2) is 43.0 Å². The fraction of sp³-hybridized carbons (Fsp3) is 0.300. The van der Waals surface area contributed by atoms with Crippen LogP contribution in [0.4, 0.5) is 4.39 Å². The van der Waals surface area contributed by atoms with E-state index in [0.29, 0.717) is 11.6 Å². The molecular formula is C20H22FN3O2S. The molecule has 27 heavy (non-hydrogen) atoms. The molecule has 1 aliphatic heterocycles. The van der Waals surface area contributed by atoms with E-state index in [-0.39, 0.29) is 4.90 Å². The minimum absolute atomic E-state index is 0.0720. The lowest BCUT2D eigenvalue weighted by Gasteiger charge is -2.32. The number of hydrogen-bond acceptors (Lipinski definition) is 4. The van der Waals surface area contributed by atoms with Gasteiger partial charge >= 0.3 is 0 Å². The van der Waals surface area contributed by atoms with Crippen molar-refractivity contribution < 1.29 is 12.8 Å².